The van der Waals surface area contributed by atoms with Crippen molar-refractivity contribution in [2.24, 2.45) is 0 Å². The fourth-order valence-corrected chi connectivity index (χ4v) is 5.57. The molecule has 0 aliphatic heterocycles. The van der Waals surface area contributed by atoms with E-state index in [9.17, 15) is 25.6 Å². The number of rotatable bonds is 9. The largest absolute Gasteiger partial charge is 0.495 e. The lowest BCUT2D eigenvalue weighted by atomic mass is 10.1. The highest BCUT2D eigenvalue weighted by atomic mass is 32.2. The second-order valence-electron chi connectivity index (χ2n) is 7.31. The lowest BCUT2D eigenvalue weighted by Crippen LogP contribution is -2.17. The van der Waals surface area contributed by atoms with Crippen LogP contribution in [0.3, 0.4) is 0 Å². The van der Waals surface area contributed by atoms with Crippen molar-refractivity contribution < 1.29 is 30.4 Å². The van der Waals surface area contributed by atoms with E-state index < -0.39 is 41.5 Å². The van der Waals surface area contributed by atoms with Crippen LogP contribution in [0.25, 0.3) is 0 Å². The second-order valence-corrected chi connectivity index (χ2v) is 10.6. The van der Waals surface area contributed by atoms with E-state index in [-0.39, 0.29) is 41.1 Å². The molecule has 0 bridgehead atoms. The predicted octanol–water partition coefficient (Wildman–Crippen LogP) is 3.71. The van der Waals surface area contributed by atoms with Crippen LogP contribution in [0.15, 0.2) is 64.4 Å². The Morgan fingerprint density at radius 3 is 1.75 bits per heavy atom. The summed E-state index contributed by atoms with van der Waals surface area (Å²) in [4.78, 5) is -0.970. The van der Waals surface area contributed by atoms with E-state index in [1.165, 1.54) is 7.11 Å². The van der Waals surface area contributed by atoms with Crippen LogP contribution in [0.2, 0.25) is 0 Å². The molecule has 3 aromatic rings. The maximum absolute atomic E-state index is 13.8. The predicted molar refractivity (Wildman–Crippen MR) is 126 cm³/mol. The third-order valence-corrected chi connectivity index (χ3v) is 7.65. The molecule has 9 nitrogen and oxygen atoms in total. The van der Waals surface area contributed by atoms with Gasteiger partial charge in [-0.1, -0.05) is 0 Å². The first-order valence-corrected chi connectivity index (χ1v) is 13.0. The molecule has 36 heavy (non-hydrogen) atoms. The molecule has 0 fully saturated rings. The normalized spacial score (nSPS) is 11.2. The molecule has 0 atom stereocenters. The molecule has 0 heterocycles. The van der Waals surface area contributed by atoms with E-state index in [1.54, 1.807) is 12.1 Å². The van der Waals surface area contributed by atoms with Gasteiger partial charge in [-0.15, -0.1) is 0 Å². The summed E-state index contributed by atoms with van der Waals surface area (Å²) in [6.45, 7) is 0. The average Bonchev–Trinajstić information content (AvgIpc) is 2.83. The number of methoxy groups -OCH3 is 1. The third-order valence-electron chi connectivity index (χ3n) is 4.87. The highest BCUT2D eigenvalue weighted by Crippen LogP contribution is 2.30. The number of sulfonamides is 2. The molecule has 2 N–H and O–H groups in total. The monoisotopic (exact) mass is 532 g/mol. The molecule has 0 saturated heterocycles. The zero-order valence-corrected chi connectivity index (χ0v) is 20.3. The van der Waals surface area contributed by atoms with E-state index >= 15 is 0 Å². The molecule has 0 amide bonds. The van der Waals surface area contributed by atoms with E-state index in [1.807, 2.05) is 0 Å². The fraction of sp³-hybridized carbons (Fsp3) is 0.130. The van der Waals surface area contributed by atoms with Crippen LogP contribution in [0, 0.1) is 34.3 Å². The summed E-state index contributed by atoms with van der Waals surface area (Å²) in [7, 11) is -7.59. The maximum Gasteiger partial charge on any atom is 0.265 e. The summed E-state index contributed by atoms with van der Waals surface area (Å²) in [5, 5.41) is 17.6. The Morgan fingerprint density at radius 1 is 0.778 bits per heavy atom. The van der Waals surface area contributed by atoms with Gasteiger partial charge in [-0.05, 0) is 54.6 Å². The van der Waals surface area contributed by atoms with Crippen LogP contribution in [-0.4, -0.2) is 23.9 Å². The zero-order valence-electron chi connectivity index (χ0n) is 18.6. The Labute approximate surface area is 206 Å². The van der Waals surface area contributed by atoms with Crippen molar-refractivity contribution in [3.63, 3.8) is 0 Å². The van der Waals surface area contributed by atoms with Gasteiger partial charge in [-0.25, -0.2) is 25.6 Å². The zero-order chi connectivity index (χ0) is 26.5. The minimum absolute atomic E-state index is 0.0186. The van der Waals surface area contributed by atoms with Crippen molar-refractivity contribution in [2.45, 2.75) is 22.6 Å². The molecule has 3 rings (SSSR count). The maximum atomic E-state index is 13.8. The summed E-state index contributed by atoms with van der Waals surface area (Å²) in [6, 6.07) is 13.3. The minimum Gasteiger partial charge on any atom is -0.495 e. The van der Waals surface area contributed by atoms with E-state index in [2.05, 4.69) is 9.44 Å². The van der Waals surface area contributed by atoms with Gasteiger partial charge in [-0.2, -0.15) is 10.5 Å². The van der Waals surface area contributed by atoms with Crippen LogP contribution in [-0.2, 0) is 32.9 Å². The molecule has 0 aromatic heterocycles. The molecular formula is C23H18F2N4O5S2. The molecule has 0 aliphatic carbocycles. The molecular weight excluding hydrogens is 514 g/mol. The molecule has 3 aromatic carbocycles. The highest BCUT2D eigenvalue weighted by Gasteiger charge is 2.25. The van der Waals surface area contributed by atoms with Crippen LogP contribution in [0.5, 0.6) is 5.75 Å². The van der Waals surface area contributed by atoms with Gasteiger partial charge >= 0.3 is 0 Å². The smallest absolute Gasteiger partial charge is 0.265 e. The van der Waals surface area contributed by atoms with Crippen LogP contribution in [0.4, 0.5) is 20.2 Å². The number of ether oxygens (including phenoxy) is 1. The summed E-state index contributed by atoms with van der Waals surface area (Å²) < 4.78 is 89.2. The van der Waals surface area contributed by atoms with Gasteiger partial charge in [-0.3, -0.25) is 9.44 Å². The number of hydrogen-bond acceptors (Lipinski definition) is 7. The summed E-state index contributed by atoms with van der Waals surface area (Å²) in [6.07, 6.45) is -0.568. The number of nitrogens with zero attached hydrogens (tertiary/aromatic N) is 2. The van der Waals surface area contributed by atoms with E-state index in [4.69, 9.17) is 15.3 Å². The van der Waals surface area contributed by atoms with E-state index in [0.717, 1.165) is 54.6 Å². The van der Waals surface area contributed by atoms with Crippen molar-refractivity contribution >= 4 is 31.4 Å². The third kappa shape index (κ3) is 5.89. The molecule has 0 aliphatic rings. The minimum atomic E-state index is -4.43. The Hall–Kier alpha value is -4.20. The SMILES string of the molecule is COc1ccc(S(=O)(=O)Nc2ccc(F)c(CC#N)c2)cc1S(=O)(=O)Nc1ccc(F)c(CC#N)c1. The van der Waals surface area contributed by atoms with Crippen molar-refractivity contribution in [2.75, 3.05) is 16.6 Å². The number of anilines is 2. The molecule has 0 unspecified atom stereocenters. The standard InChI is InChI=1S/C23H18F2N4O5S2/c1-34-22-7-4-19(35(30,31)28-17-2-5-20(24)15(12-17)8-10-26)14-23(22)36(32,33)29-18-3-6-21(25)16(13-18)9-11-27/h2-7,12-14,28-29H,8-9H2,1H3. The first-order chi connectivity index (χ1) is 17.0. The highest BCUT2D eigenvalue weighted by molar-refractivity contribution is 7.93. The van der Waals surface area contributed by atoms with Gasteiger partial charge in [0.15, 0.2) is 0 Å². The molecule has 0 saturated carbocycles. The Kier molecular flexibility index (Phi) is 7.77. The van der Waals surface area contributed by atoms with Gasteiger partial charge in [0.2, 0.25) is 0 Å². The molecule has 186 valence electrons. The summed E-state index contributed by atoms with van der Waals surface area (Å²) in [5.41, 5.74) is -0.127. The molecule has 0 spiro atoms. The van der Waals surface area contributed by atoms with Crippen LogP contribution < -0.4 is 14.2 Å². The lowest BCUT2D eigenvalue weighted by Gasteiger charge is -2.15. The van der Waals surface area contributed by atoms with E-state index in [0.29, 0.717) is 0 Å². The topological polar surface area (TPSA) is 149 Å². The molecule has 0 radical (unpaired) electrons. The fourth-order valence-electron chi connectivity index (χ4n) is 3.18. The second kappa shape index (κ2) is 10.6. The number of benzene rings is 3. The number of nitrogens with one attached hydrogen (secondary N) is 2. The van der Waals surface area contributed by atoms with Crippen molar-refractivity contribution in [3.8, 4) is 17.9 Å². The van der Waals surface area contributed by atoms with Crippen LogP contribution in [0.1, 0.15) is 11.1 Å². The van der Waals surface area contributed by atoms with Crippen molar-refractivity contribution in [1.82, 2.24) is 0 Å². The van der Waals surface area contributed by atoms with Crippen molar-refractivity contribution in [3.05, 3.63) is 77.4 Å². The van der Waals surface area contributed by atoms with Gasteiger partial charge in [0.1, 0.15) is 22.3 Å². The lowest BCUT2D eigenvalue weighted by molar-refractivity contribution is 0.402. The van der Waals surface area contributed by atoms with Gasteiger partial charge in [0, 0.05) is 22.5 Å². The Morgan fingerprint density at radius 2 is 1.28 bits per heavy atom. The van der Waals surface area contributed by atoms with Crippen molar-refractivity contribution in [1.29, 1.82) is 10.5 Å². The van der Waals surface area contributed by atoms with Crippen LogP contribution >= 0.6 is 0 Å². The number of hydrogen-bond donors (Lipinski definition) is 2. The summed E-state index contributed by atoms with van der Waals surface area (Å²) in [5.74, 6) is -1.53. The summed E-state index contributed by atoms with van der Waals surface area (Å²) >= 11 is 0. The first-order valence-electron chi connectivity index (χ1n) is 10.0. The quantitative estimate of drug-likeness (QED) is 0.427. The van der Waals surface area contributed by atoms with Gasteiger partial charge in [0.05, 0.1) is 37.0 Å². The number of nitriles is 2. The molecule has 13 heteroatoms. The Bertz CT molecular complexity index is 1610. The van der Waals surface area contributed by atoms with Gasteiger partial charge < -0.3 is 4.74 Å². The Balaban J connectivity index is 1.98. The van der Waals surface area contributed by atoms with Gasteiger partial charge in [0.25, 0.3) is 20.0 Å². The first kappa shape index (κ1) is 26.4. The number of halogens is 2. The average molecular weight is 533 g/mol.